The Kier molecular flexibility index (Phi) is 38.1. The molecule has 0 amide bonds. The number of carbonyl (C=O) groups excluding carboxylic acids is 2. The van der Waals surface area contributed by atoms with E-state index in [0.29, 0.717) is 23.9 Å². The summed E-state index contributed by atoms with van der Waals surface area (Å²) in [5.74, 6) is -0.857. The minimum Gasteiger partial charge on any atom is -0.462 e. The Morgan fingerprint density at radius 2 is 0.931 bits per heavy atom. The third-order valence-corrected chi connectivity index (χ3v) is 10.2. The van der Waals surface area contributed by atoms with E-state index in [0.717, 1.165) is 77.0 Å². The molecule has 0 aromatic rings. The lowest BCUT2D eigenvalue weighted by Crippen LogP contribution is -2.37. The molecule has 9 nitrogen and oxygen atoms in total. The number of quaternary nitrogens is 1. The first-order valence-corrected chi connectivity index (χ1v) is 24.2. The summed E-state index contributed by atoms with van der Waals surface area (Å²) in [6, 6.07) is 0. The molecule has 0 aliphatic heterocycles. The van der Waals surface area contributed by atoms with Gasteiger partial charge in [0.25, 0.3) is 0 Å². The Labute approximate surface area is 355 Å². The molecule has 10 heteroatoms. The van der Waals surface area contributed by atoms with Crippen LogP contribution in [-0.2, 0) is 32.7 Å². The number of hydrogen-bond donors (Lipinski definition) is 1. The predicted octanol–water partition coefficient (Wildman–Crippen LogP) is 13.0. The van der Waals surface area contributed by atoms with E-state index in [4.69, 9.17) is 18.5 Å². The number of unbranched alkanes of at least 4 members (excludes halogenated alkanes) is 14. The average Bonchev–Trinajstić information content (AvgIpc) is 3.17. The molecule has 0 aromatic heterocycles. The lowest BCUT2D eigenvalue weighted by Gasteiger charge is -2.24. The van der Waals surface area contributed by atoms with Crippen molar-refractivity contribution >= 4 is 19.8 Å². The van der Waals surface area contributed by atoms with Crippen molar-refractivity contribution in [3.63, 3.8) is 0 Å². The second kappa shape index (κ2) is 39.9. The number of likely N-dealkylation sites (N-methyl/N-ethyl adjacent to an activating group) is 1. The van der Waals surface area contributed by atoms with E-state index in [2.05, 4.69) is 86.8 Å². The summed E-state index contributed by atoms with van der Waals surface area (Å²) in [6.07, 6.45) is 49.4. The summed E-state index contributed by atoms with van der Waals surface area (Å²) in [7, 11) is 1.43. The molecule has 0 radical (unpaired) electrons. The van der Waals surface area contributed by atoms with Gasteiger partial charge < -0.3 is 18.9 Å². The molecule has 0 fully saturated rings. The van der Waals surface area contributed by atoms with Crippen LogP contribution in [0.2, 0.25) is 0 Å². The van der Waals surface area contributed by atoms with Gasteiger partial charge in [0, 0.05) is 12.8 Å². The molecule has 2 atom stereocenters. The van der Waals surface area contributed by atoms with Crippen molar-refractivity contribution in [3.05, 3.63) is 72.9 Å². The maximum Gasteiger partial charge on any atom is 0.472 e. The monoisotopic (exact) mass is 835 g/mol. The standard InChI is InChI=1S/C48H84NO8P/c1-6-8-10-12-14-16-18-20-22-23-24-25-27-29-31-33-35-37-39-41-48(51)57-46(45-56-58(52,53)55-43-42-49(3,4)5)44-54-47(50)40-38-36-34-32-30-28-26-21-19-17-15-13-11-9-7-2/h14-17,20-22,24-26,29,31,46H,6-13,18-19,23,27-28,30,32-45H2,1-5H3/p+1/b16-14-,17-15-,22-20-,25-24-,26-21-,31-29-/t46-/m1/s1. The topological polar surface area (TPSA) is 108 Å². The fourth-order valence-electron chi connectivity index (χ4n) is 5.61. The number of nitrogens with zero attached hydrogens (tertiary/aromatic N) is 1. The van der Waals surface area contributed by atoms with E-state index in [-0.39, 0.29) is 26.1 Å². The molecule has 0 rings (SSSR count). The first kappa shape index (κ1) is 55.5. The molecule has 0 aliphatic carbocycles. The average molecular weight is 835 g/mol. The van der Waals surface area contributed by atoms with Crippen LogP contribution in [0.1, 0.15) is 168 Å². The van der Waals surface area contributed by atoms with Crippen molar-refractivity contribution < 1.29 is 42.1 Å². The van der Waals surface area contributed by atoms with Gasteiger partial charge in [-0.2, -0.15) is 0 Å². The maximum absolute atomic E-state index is 12.7. The van der Waals surface area contributed by atoms with Crippen LogP contribution in [0.4, 0.5) is 0 Å². The van der Waals surface area contributed by atoms with E-state index >= 15 is 0 Å². The van der Waals surface area contributed by atoms with Crippen molar-refractivity contribution in [2.75, 3.05) is 47.5 Å². The highest BCUT2D eigenvalue weighted by Gasteiger charge is 2.27. The van der Waals surface area contributed by atoms with Crippen molar-refractivity contribution in [2.45, 2.75) is 174 Å². The minimum absolute atomic E-state index is 0.0192. The second-order valence-electron chi connectivity index (χ2n) is 16.1. The van der Waals surface area contributed by atoms with Crippen LogP contribution in [0, 0.1) is 0 Å². The maximum atomic E-state index is 12.7. The van der Waals surface area contributed by atoms with E-state index in [1.807, 2.05) is 21.1 Å². The van der Waals surface area contributed by atoms with Crippen LogP contribution < -0.4 is 0 Å². The molecule has 1 unspecified atom stereocenters. The van der Waals surface area contributed by atoms with Crippen LogP contribution in [0.3, 0.4) is 0 Å². The smallest absolute Gasteiger partial charge is 0.462 e. The van der Waals surface area contributed by atoms with E-state index in [1.165, 1.54) is 51.4 Å². The second-order valence-corrected chi connectivity index (χ2v) is 17.5. The predicted molar refractivity (Wildman–Crippen MR) is 242 cm³/mol. The molecular weight excluding hydrogens is 750 g/mol. The number of phosphoric acid groups is 1. The van der Waals surface area contributed by atoms with E-state index in [9.17, 15) is 19.0 Å². The van der Waals surface area contributed by atoms with Gasteiger partial charge in [-0.3, -0.25) is 18.6 Å². The van der Waals surface area contributed by atoms with Crippen molar-refractivity contribution in [3.8, 4) is 0 Å². The molecule has 0 spiro atoms. The zero-order valence-corrected chi connectivity index (χ0v) is 38.4. The van der Waals surface area contributed by atoms with Gasteiger partial charge in [-0.25, -0.2) is 4.57 Å². The van der Waals surface area contributed by atoms with Gasteiger partial charge in [0.15, 0.2) is 6.10 Å². The number of allylic oxidation sites excluding steroid dienone is 12. The molecule has 0 bridgehead atoms. The summed E-state index contributed by atoms with van der Waals surface area (Å²) < 4.78 is 34.3. The third kappa shape index (κ3) is 43.0. The molecule has 0 saturated carbocycles. The van der Waals surface area contributed by atoms with Gasteiger partial charge in [-0.05, 0) is 89.9 Å². The lowest BCUT2D eigenvalue weighted by atomic mass is 10.1. The quantitative estimate of drug-likeness (QED) is 0.0214. The van der Waals surface area contributed by atoms with Crippen molar-refractivity contribution in [1.29, 1.82) is 0 Å². The molecule has 0 saturated heterocycles. The Balaban J connectivity index is 4.45. The number of hydrogen-bond acceptors (Lipinski definition) is 7. The lowest BCUT2D eigenvalue weighted by molar-refractivity contribution is -0.870. The fraction of sp³-hybridized carbons (Fsp3) is 0.708. The van der Waals surface area contributed by atoms with Gasteiger partial charge in [-0.1, -0.05) is 138 Å². The number of ether oxygens (including phenoxy) is 2. The Morgan fingerprint density at radius 1 is 0.534 bits per heavy atom. The normalized spacial score (nSPS) is 14.2. The highest BCUT2D eigenvalue weighted by Crippen LogP contribution is 2.43. The SMILES string of the molecule is CCCCC/C=C\C/C=C\C/C=C\C/C=C\CCCCCC(=O)O[C@H](COC(=O)CCCCCCC/C=C\C/C=C\CCCCC)COP(=O)(O)OCC[N+](C)(C)C. The molecule has 334 valence electrons. The Morgan fingerprint density at radius 3 is 1.40 bits per heavy atom. The van der Waals surface area contributed by atoms with Gasteiger partial charge in [-0.15, -0.1) is 0 Å². The molecular formula is C48H85NO8P+. The van der Waals surface area contributed by atoms with E-state index < -0.39 is 32.5 Å². The van der Waals surface area contributed by atoms with Crippen LogP contribution in [0.25, 0.3) is 0 Å². The summed E-state index contributed by atoms with van der Waals surface area (Å²) in [5, 5.41) is 0. The highest BCUT2D eigenvalue weighted by molar-refractivity contribution is 7.47. The Hall–Kier alpha value is -2.55. The van der Waals surface area contributed by atoms with Crippen LogP contribution in [0.15, 0.2) is 72.9 Å². The first-order valence-electron chi connectivity index (χ1n) is 22.7. The van der Waals surface area contributed by atoms with Gasteiger partial charge >= 0.3 is 19.8 Å². The van der Waals surface area contributed by atoms with Crippen LogP contribution in [-0.4, -0.2) is 74.9 Å². The number of esters is 2. The summed E-state index contributed by atoms with van der Waals surface area (Å²) in [6.45, 7) is 4.30. The van der Waals surface area contributed by atoms with Crippen LogP contribution >= 0.6 is 7.82 Å². The van der Waals surface area contributed by atoms with Crippen molar-refractivity contribution in [2.24, 2.45) is 0 Å². The first-order chi connectivity index (χ1) is 28.0. The highest BCUT2D eigenvalue weighted by atomic mass is 31.2. The molecule has 0 heterocycles. The third-order valence-electron chi connectivity index (χ3n) is 9.21. The van der Waals surface area contributed by atoms with Crippen LogP contribution in [0.5, 0.6) is 0 Å². The Bertz CT molecular complexity index is 1220. The van der Waals surface area contributed by atoms with Gasteiger partial charge in [0.05, 0.1) is 27.7 Å². The zero-order chi connectivity index (χ0) is 42.8. The summed E-state index contributed by atoms with van der Waals surface area (Å²) in [4.78, 5) is 35.4. The molecule has 1 N–H and O–H groups in total. The molecule has 0 aromatic carbocycles. The van der Waals surface area contributed by atoms with E-state index in [1.54, 1.807) is 0 Å². The molecule has 58 heavy (non-hydrogen) atoms. The largest absolute Gasteiger partial charge is 0.472 e. The van der Waals surface area contributed by atoms with Gasteiger partial charge in [0.1, 0.15) is 19.8 Å². The summed E-state index contributed by atoms with van der Waals surface area (Å²) >= 11 is 0. The number of rotatable bonds is 40. The zero-order valence-electron chi connectivity index (χ0n) is 37.5. The van der Waals surface area contributed by atoms with Crippen molar-refractivity contribution in [1.82, 2.24) is 0 Å². The number of phosphoric ester groups is 1. The van der Waals surface area contributed by atoms with Gasteiger partial charge in [0.2, 0.25) is 0 Å². The fourth-order valence-corrected chi connectivity index (χ4v) is 6.36. The minimum atomic E-state index is -4.39. The molecule has 0 aliphatic rings. The summed E-state index contributed by atoms with van der Waals surface area (Å²) in [5.41, 5.74) is 0. The number of carbonyl (C=O) groups is 2.